The van der Waals surface area contributed by atoms with Crippen molar-refractivity contribution in [3.8, 4) is 34.0 Å². The summed E-state index contributed by atoms with van der Waals surface area (Å²) in [4.78, 5) is 9.24. The Kier molecular flexibility index (Phi) is 8.74. The minimum atomic E-state index is -0.0698. The van der Waals surface area contributed by atoms with Crippen molar-refractivity contribution in [2.75, 3.05) is 0 Å². The van der Waals surface area contributed by atoms with Crippen LogP contribution in [0.25, 0.3) is 22.5 Å². The van der Waals surface area contributed by atoms with E-state index in [0.717, 1.165) is 33.6 Å². The molecule has 200 valence electrons. The summed E-state index contributed by atoms with van der Waals surface area (Å²) < 4.78 is 6.51. The van der Waals surface area contributed by atoms with E-state index in [1.165, 1.54) is 5.56 Å². The van der Waals surface area contributed by atoms with Crippen LogP contribution in [-0.2, 0) is 37.3 Å². The smallest absolute Gasteiger partial charge is 0.497 e. The minimum Gasteiger partial charge on any atom is -0.497 e. The maximum absolute atomic E-state index is 6.51. The Morgan fingerprint density at radius 3 is 1.53 bits per heavy atom. The van der Waals surface area contributed by atoms with Crippen LogP contribution in [0, 0.1) is 12.1 Å². The van der Waals surface area contributed by atoms with Crippen LogP contribution in [0.3, 0.4) is 0 Å². The second kappa shape index (κ2) is 11.1. The molecule has 0 unspecified atom stereocenters. The number of hydrogen-bond donors (Lipinski definition) is 0. The summed E-state index contributed by atoms with van der Waals surface area (Å²) in [7, 11) is 0. The van der Waals surface area contributed by atoms with Crippen LogP contribution in [-0.4, -0.2) is 9.97 Å². The molecule has 38 heavy (non-hydrogen) atoms. The number of aromatic nitrogens is 2. The van der Waals surface area contributed by atoms with Gasteiger partial charge in [0.2, 0.25) is 0 Å². The molecule has 0 amide bonds. The average Bonchev–Trinajstić information content (AvgIpc) is 2.83. The fourth-order valence-corrected chi connectivity index (χ4v) is 4.02. The number of hydrogen-bond acceptors (Lipinski definition) is 3. The average molecular weight is 686 g/mol. The van der Waals surface area contributed by atoms with E-state index in [9.17, 15) is 0 Å². The first-order valence-corrected chi connectivity index (χ1v) is 12.9. The summed E-state index contributed by atoms with van der Waals surface area (Å²) in [6.45, 7) is 19.9. The summed E-state index contributed by atoms with van der Waals surface area (Å²) in [5.74, 6) is 1.30. The van der Waals surface area contributed by atoms with E-state index in [2.05, 4.69) is 116 Å². The van der Waals surface area contributed by atoms with Gasteiger partial charge in [-0.05, 0) is 45.3 Å². The van der Waals surface area contributed by atoms with Gasteiger partial charge in [-0.25, -0.2) is 0 Å². The van der Waals surface area contributed by atoms with Crippen LogP contribution < -0.4 is 4.74 Å². The van der Waals surface area contributed by atoms with Crippen molar-refractivity contribution >= 4 is 0 Å². The molecule has 3 nitrogen and oxygen atoms in total. The van der Waals surface area contributed by atoms with Crippen molar-refractivity contribution in [2.24, 2.45) is 0 Å². The Morgan fingerprint density at radius 1 is 0.553 bits per heavy atom. The zero-order valence-electron chi connectivity index (χ0n) is 24.0. The molecule has 0 aliphatic heterocycles. The van der Waals surface area contributed by atoms with Crippen molar-refractivity contribution in [3.05, 3.63) is 95.8 Å². The third-order valence-electron chi connectivity index (χ3n) is 6.48. The first kappa shape index (κ1) is 29.8. The van der Waals surface area contributed by atoms with E-state index in [0.29, 0.717) is 11.5 Å². The molecule has 0 atom stereocenters. The number of nitrogens with zero attached hydrogens (tertiary/aromatic N) is 2. The van der Waals surface area contributed by atoms with Crippen LogP contribution in [0.15, 0.2) is 67.0 Å². The number of ether oxygens (including phenoxy) is 1. The van der Waals surface area contributed by atoms with Gasteiger partial charge in [-0.15, -0.1) is 34.4 Å². The quantitative estimate of drug-likeness (QED) is 0.201. The van der Waals surface area contributed by atoms with Crippen LogP contribution in [0.5, 0.6) is 11.5 Å². The molecule has 4 heteroatoms. The SMILES string of the molecule is CC(C)(C)c1cc(Oc2[c-]c(-c3cc(C(C)(C)C)ccn3)cc(C(C)(C)C)c2)[c-]c(-c2ccccn2)c1.[Pt+2]. The molecule has 4 rings (SSSR count). The summed E-state index contributed by atoms with van der Waals surface area (Å²) in [5.41, 5.74) is 7.06. The van der Waals surface area contributed by atoms with E-state index in [-0.39, 0.29) is 37.3 Å². The summed E-state index contributed by atoms with van der Waals surface area (Å²) in [6.07, 6.45) is 3.69. The predicted octanol–water partition coefficient (Wildman–Crippen LogP) is 9.09. The molecule has 0 radical (unpaired) electrons. The molecule has 0 N–H and O–H groups in total. The molecule has 4 aromatic rings. The van der Waals surface area contributed by atoms with Gasteiger partial charge in [0.15, 0.2) is 0 Å². The van der Waals surface area contributed by atoms with Crippen LogP contribution in [0.1, 0.15) is 79.0 Å². The van der Waals surface area contributed by atoms with Crippen LogP contribution >= 0.6 is 0 Å². The van der Waals surface area contributed by atoms with Gasteiger partial charge in [0, 0.05) is 23.9 Å². The Labute approximate surface area is 243 Å². The van der Waals surface area contributed by atoms with Gasteiger partial charge in [-0.2, -0.15) is 0 Å². The minimum absolute atomic E-state index is 0. The van der Waals surface area contributed by atoms with Gasteiger partial charge >= 0.3 is 21.1 Å². The predicted molar refractivity (Wildman–Crippen MR) is 153 cm³/mol. The molecule has 0 saturated heterocycles. The second-order valence-corrected chi connectivity index (χ2v) is 12.8. The largest absolute Gasteiger partial charge is 2.00 e. The fourth-order valence-electron chi connectivity index (χ4n) is 4.02. The number of pyridine rings is 2. The zero-order chi connectivity index (χ0) is 27.0. The third-order valence-corrected chi connectivity index (χ3v) is 6.48. The maximum Gasteiger partial charge on any atom is 2.00 e. The van der Waals surface area contributed by atoms with Crippen molar-refractivity contribution in [1.29, 1.82) is 0 Å². The first-order valence-electron chi connectivity index (χ1n) is 12.9. The van der Waals surface area contributed by atoms with Crippen molar-refractivity contribution in [2.45, 2.75) is 78.6 Å². The molecule has 0 aliphatic rings. The normalized spacial score (nSPS) is 12.1. The van der Waals surface area contributed by atoms with Gasteiger partial charge in [-0.3, -0.25) is 0 Å². The monoisotopic (exact) mass is 685 g/mol. The first-order chi connectivity index (χ1) is 17.2. The number of rotatable bonds is 4. The second-order valence-electron chi connectivity index (χ2n) is 12.8. The Bertz CT molecular complexity index is 1390. The molecular weight excluding hydrogens is 647 g/mol. The van der Waals surface area contributed by atoms with Gasteiger partial charge in [0.05, 0.1) is 0 Å². The Hall–Kier alpha value is -2.77. The van der Waals surface area contributed by atoms with Crippen LogP contribution in [0.4, 0.5) is 0 Å². The molecular formula is C34H38N2OPt. The molecule has 2 heterocycles. The molecule has 0 spiro atoms. The summed E-state index contributed by atoms with van der Waals surface area (Å²) in [5, 5.41) is 0. The molecule has 2 aromatic heterocycles. The fraction of sp³-hybridized carbons (Fsp3) is 0.353. The van der Waals surface area contributed by atoms with Gasteiger partial charge in [0.25, 0.3) is 0 Å². The van der Waals surface area contributed by atoms with E-state index < -0.39 is 0 Å². The third kappa shape index (κ3) is 7.20. The Balaban J connectivity index is 0.00000400. The molecule has 0 saturated carbocycles. The topological polar surface area (TPSA) is 35.0 Å². The van der Waals surface area contributed by atoms with E-state index in [4.69, 9.17) is 9.72 Å². The molecule has 2 aromatic carbocycles. The van der Waals surface area contributed by atoms with E-state index in [1.807, 2.05) is 24.4 Å². The summed E-state index contributed by atoms with van der Waals surface area (Å²) in [6, 6.07) is 25.6. The van der Waals surface area contributed by atoms with Gasteiger partial charge in [-0.1, -0.05) is 105 Å². The van der Waals surface area contributed by atoms with E-state index in [1.54, 1.807) is 6.20 Å². The van der Waals surface area contributed by atoms with E-state index >= 15 is 0 Å². The van der Waals surface area contributed by atoms with Crippen molar-refractivity contribution < 1.29 is 25.8 Å². The number of benzene rings is 2. The zero-order valence-corrected chi connectivity index (χ0v) is 26.2. The Morgan fingerprint density at radius 2 is 1.05 bits per heavy atom. The van der Waals surface area contributed by atoms with Gasteiger partial charge < -0.3 is 14.7 Å². The molecule has 0 aliphatic carbocycles. The summed E-state index contributed by atoms with van der Waals surface area (Å²) >= 11 is 0. The molecule has 0 bridgehead atoms. The van der Waals surface area contributed by atoms with Gasteiger partial charge in [0.1, 0.15) is 0 Å². The van der Waals surface area contributed by atoms with Crippen molar-refractivity contribution in [3.63, 3.8) is 0 Å². The van der Waals surface area contributed by atoms with Crippen molar-refractivity contribution in [1.82, 2.24) is 9.97 Å². The maximum atomic E-state index is 6.51. The van der Waals surface area contributed by atoms with Crippen LogP contribution in [0.2, 0.25) is 0 Å². The molecule has 0 fully saturated rings. The standard InChI is InChI=1S/C34H38N2O.Pt/c1-32(2,3)25-13-15-36-31(22-25)24-17-27(34(7,8)9)21-29(19-24)37-28-18-23(30-12-10-11-14-35-30)16-26(20-28)33(4,5)6;/h10-17,20-22H,1-9H3;/q-2;+2.